The Morgan fingerprint density at radius 1 is 0.811 bits per heavy atom. The minimum Gasteiger partial charge on any atom is -0.493 e. The van der Waals surface area contributed by atoms with Gasteiger partial charge in [0, 0.05) is 6.54 Å². The van der Waals surface area contributed by atoms with Crippen LogP contribution in [-0.4, -0.2) is 55.3 Å². The van der Waals surface area contributed by atoms with E-state index < -0.39 is 9.84 Å². The lowest BCUT2D eigenvalue weighted by molar-refractivity contribution is 0.0435. The molecule has 1 fully saturated rings. The number of ether oxygens (including phenoxy) is 6. The van der Waals surface area contributed by atoms with Crippen LogP contribution in [0.25, 0.3) is 0 Å². The molecule has 0 amide bonds. The van der Waals surface area contributed by atoms with Crippen molar-refractivity contribution in [3.8, 4) is 28.7 Å². The number of hydrogen-bond donors (Lipinski definition) is 1. The van der Waals surface area contributed by atoms with Gasteiger partial charge in [-0.1, -0.05) is 13.8 Å². The van der Waals surface area contributed by atoms with Crippen molar-refractivity contribution in [2.24, 2.45) is 5.73 Å². The fourth-order valence-corrected chi connectivity index (χ4v) is 5.65. The average Bonchev–Trinajstić information content (AvgIpc) is 3.40. The fraction of sp³-hybridized carbons (Fsp3) is 0.556. The van der Waals surface area contributed by atoms with Crippen LogP contribution >= 0.6 is 0 Å². The van der Waals surface area contributed by atoms with E-state index in [1.807, 2.05) is 32.0 Å². The lowest BCUT2D eigenvalue weighted by atomic mass is 10.0. The van der Waals surface area contributed by atoms with Gasteiger partial charge >= 0.3 is 0 Å². The summed E-state index contributed by atoms with van der Waals surface area (Å²) in [5, 5.41) is 0. The Labute approximate surface area is 220 Å². The molecule has 9 nitrogen and oxygen atoms in total. The van der Waals surface area contributed by atoms with Gasteiger partial charge in [0.1, 0.15) is 4.90 Å². The minimum atomic E-state index is -3.69. The summed E-state index contributed by atoms with van der Waals surface area (Å²) in [5.74, 6) is 2.07. The van der Waals surface area contributed by atoms with Crippen molar-refractivity contribution in [1.82, 2.24) is 0 Å². The predicted molar refractivity (Wildman–Crippen MR) is 141 cm³/mol. The molecule has 0 saturated carbocycles. The molecule has 0 aromatic heterocycles. The van der Waals surface area contributed by atoms with Crippen LogP contribution in [0.1, 0.15) is 62.9 Å². The highest BCUT2D eigenvalue weighted by atomic mass is 32.2. The van der Waals surface area contributed by atoms with E-state index in [1.165, 1.54) is 0 Å². The van der Waals surface area contributed by atoms with Crippen molar-refractivity contribution in [3.05, 3.63) is 35.4 Å². The lowest BCUT2D eigenvalue weighted by Crippen LogP contribution is -2.18. The molecule has 2 unspecified atom stereocenters. The Kier molecular flexibility index (Phi) is 10.3. The highest BCUT2D eigenvalue weighted by Gasteiger charge is 2.32. The summed E-state index contributed by atoms with van der Waals surface area (Å²) in [6, 6.07) is 7.24. The smallest absolute Gasteiger partial charge is 0.203 e. The quantitative estimate of drug-likeness (QED) is 0.369. The summed E-state index contributed by atoms with van der Waals surface area (Å²) in [7, 11) is 1.01. The largest absolute Gasteiger partial charge is 0.493 e. The van der Waals surface area contributed by atoms with E-state index in [1.54, 1.807) is 27.4 Å². The highest BCUT2D eigenvalue weighted by Crippen LogP contribution is 2.48. The van der Waals surface area contributed by atoms with Gasteiger partial charge in [-0.2, -0.15) is 0 Å². The average molecular weight is 538 g/mol. The van der Waals surface area contributed by atoms with Gasteiger partial charge in [0.15, 0.2) is 32.8 Å². The number of benzene rings is 2. The third-order valence-electron chi connectivity index (χ3n) is 6.13. The van der Waals surface area contributed by atoms with Gasteiger partial charge in [-0.25, -0.2) is 8.42 Å². The van der Waals surface area contributed by atoms with Crippen LogP contribution in [0.3, 0.4) is 0 Å². The van der Waals surface area contributed by atoms with E-state index >= 15 is 0 Å². The summed E-state index contributed by atoms with van der Waals surface area (Å²) in [4.78, 5) is 0.0924. The van der Waals surface area contributed by atoms with Crippen LogP contribution in [-0.2, 0) is 14.6 Å². The minimum absolute atomic E-state index is 0.00800. The fourth-order valence-electron chi connectivity index (χ4n) is 4.36. The van der Waals surface area contributed by atoms with E-state index in [0.29, 0.717) is 42.6 Å². The van der Waals surface area contributed by atoms with Gasteiger partial charge in [-0.3, -0.25) is 0 Å². The predicted octanol–water partition coefficient (Wildman–Crippen LogP) is 4.62. The van der Waals surface area contributed by atoms with E-state index in [-0.39, 0.29) is 35.2 Å². The molecule has 2 atom stereocenters. The maximum Gasteiger partial charge on any atom is 0.203 e. The van der Waals surface area contributed by atoms with Crippen molar-refractivity contribution >= 4 is 9.84 Å². The molecule has 2 aromatic rings. The first-order valence-corrected chi connectivity index (χ1v) is 14.3. The van der Waals surface area contributed by atoms with Crippen LogP contribution in [0.2, 0.25) is 0 Å². The van der Waals surface area contributed by atoms with Crippen molar-refractivity contribution in [2.75, 3.05) is 46.8 Å². The number of hydrogen-bond acceptors (Lipinski definition) is 9. The van der Waals surface area contributed by atoms with Gasteiger partial charge in [0.2, 0.25) is 5.75 Å². The van der Waals surface area contributed by atoms with Gasteiger partial charge in [0.25, 0.3) is 0 Å². The van der Waals surface area contributed by atoms with Gasteiger partial charge in [-0.15, -0.1) is 0 Å². The van der Waals surface area contributed by atoms with Gasteiger partial charge in [0.05, 0.1) is 52.5 Å². The van der Waals surface area contributed by atoms with E-state index in [9.17, 15) is 8.42 Å². The monoisotopic (exact) mass is 537 g/mol. The van der Waals surface area contributed by atoms with Crippen LogP contribution in [0, 0.1) is 0 Å². The Bertz CT molecular complexity index is 1130. The second-order valence-electron chi connectivity index (χ2n) is 8.80. The highest BCUT2D eigenvalue weighted by molar-refractivity contribution is 7.91. The molecule has 206 valence electrons. The van der Waals surface area contributed by atoms with Crippen LogP contribution in [0.4, 0.5) is 0 Å². The summed E-state index contributed by atoms with van der Waals surface area (Å²) < 4.78 is 61.2. The SMILES string of the molecule is CCCOc1cc(C2CCC(c3cc(OC)c(OC)c(OC)c3)O2)cc(S(=O)(=O)CCN)c1OCCC. The molecule has 2 aromatic carbocycles. The van der Waals surface area contributed by atoms with E-state index in [0.717, 1.165) is 30.4 Å². The first-order chi connectivity index (χ1) is 17.8. The topological polar surface area (TPSA) is 116 Å². The van der Waals surface area contributed by atoms with Crippen molar-refractivity contribution < 1.29 is 36.8 Å². The molecule has 1 saturated heterocycles. The molecule has 0 spiro atoms. The molecule has 0 radical (unpaired) electrons. The number of sulfone groups is 1. The maximum atomic E-state index is 13.2. The first kappa shape index (κ1) is 28.9. The Balaban J connectivity index is 2.01. The Hall–Kier alpha value is -2.69. The Morgan fingerprint density at radius 3 is 1.86 bits per heavy atom. The molecule has 0 aliphatic carbocycles. The van der Waals surface area contributed by atoms with Crippen LogP contribution in [0.5, 0.6) is 28.7 Å². The molecular weight excluding hydrogens is 498 g/mol. The molecule has 2 N–H and O–H groups in total. The normalized spacial score (nSPS) is 17.5. The Morgan fingerprint density at radius 2 is 1.35 bits per heavy atom. The third kappa shape index (κ3) is 6.61. The number of methoxy groups -OCH3 is 3. The molecule has 1 aliphatic heterocycles. The lowest BCUT2D eigenvalue weighted by Gasteiger charge is -2.21. The summed E-state index contributed by atoms with van der Waals surface area (Å²) in [5.41, 5.74) is 7.24. The van der Waals surface area contributed by atoms with Gasteiger partial charge in [-0.05, 0) is 61.1 Å². The van der Waals surface area contributed by atoms with E-state index in [4.69, 9.17) is 34.2 Å². The second-order valence-corrected chi connectivity index (χ2v) is 10.9. The number of rotatable bonds is 14. The maximum absolute atomic E-state index is 13.2. The van der Waals surface area contributed by atoms with E-state index in [2.05, 4.69) is 0 Å². The zero-order chi connectivity index (χ0) is 27.0. The zero-order valence-electron chi connectivity index (χ0n) is 22.4. The number of nitrogens with two attached hydrogens (primary N) is 1. The van der Waals surface area contributed by atoms with Crippen molar-refractivity contribution in [3.63, 3.8) is 0 Å². The summed E-state index contributed by atoms with van der Waals surface area (Å²) in [6.07, 6.45) is 2.35. The standard InChI is InChI=1S/C27H39NO8S/c1-6-11-34-24-16-19(17-25(27(24)35-12-7-2)37(29,30)13-10-28)21-9-8-20(36-21)18-14-22(31-3)26(33-5)23(15-18)32-4/h14-17,20-21H,6-13,28H2,1-5H3. The third-order valence-corrected chi connectivity index (χ3v) is 7.87. The van der Waals surface area contributed by atoms with Crippen molar-refractivity contribution in [1.29, 1.82) is 0 Å². The summed E-state index contributed by atoms with van der Waals surface area (Å²) in [6.45, 7) is 4.77. The molecule has 37 heavy (non-hydrogen) atoms. The second kappa shape index (κ2) is 13.2. The first-order valence-electron chi connectivity index (χ1n) is 12.6. The molecule has 3 rings (SSSR count). The summed E-state index contributed by atoms with van der Waals surface area (Å²) >= 11 is 0. The van der Waals surface area contributed by atoms with Gasteiger partial charge < -0.3 is 34.2 Å². The van der Waals surface area contributed by atoms with Crippen molar-refractivity contribution in [2.45, 2.75) is 56.6 Å². The van der Waals surface area contributed by atoms with Crippen LogP contribution in [0.15, 0.2) is 29.2 Å². The molecule has 1 heterocycles. The molecule has 0 bridgehead atoms. The molecular formula is C27H39NO8S. The molecule has 1 aliphatic rings. The van der Waals surface area contributed by atoms with Crippen LogP contribution < -0.4 is 29.4 Å². The zero-order valence-corrected chi connectivity index (χ0v) is 23.2. The molecule has 10 heteroatoms.